The molecular formula is C14H21FN2O2S. The van der Waals surface area contributed by atoms with Crippen LogP contribution in [0.1, 0.15) is 31.2 Å². The fourth-order valence-corrected chi connectivity index (χ4v) is 3.83. The van der Waals surface area contributed by atoms with Crippen molar-refractivity contribution in [3.05, 3.63) is 29.6 Å². The molecule has 4 nitrogen and oxygen atoms in total. The van der Waals surface area contributed by atoms with E-state index in [-0.39, 0.29) is 4.90 Å². The highest BCUT2D eigenvalue weighted by molar-refractivity contribution is 7.89. The van der Waals surface area contributed by atoms with Gasteiger partial charge in [-0.15, -0.1) is 0 Å². The van der Waals surface area contributed by atoms with E-state index in [4.69, 9.17) is 0 Å². The molecule has 0 atom stereocenters. The lowest BCUT2D eigenvalue weighted by Crippen LogP contribution is -2.29. The first-order valence-corrected chi connectivity index (χ1v) is 8.44. The monoisotopic (exact) mass is 300 g/mol. The van der Waals surface area contributed by atoms with Crippen molar-refractivity contribution in [1.82, 2.24) is 10.0 Å². The molecule has 0 saturated heterocycles. The highest BCUT2D eigenvalue weighted by atomic mass is 32.2. The van der Waals surface area contributed by atoms with Gasteiger partial charge in [-0.05, 0) is 43.5 Å². The molecule has 0 aromatic heterocycles. The van der Waals surface area contributed by atoms with Gasteiger partial charge in [0.1, 0.15) is 10.7 Å². The Bertz CT molecular complexity index is 554. The fourth-order valence-electron chi connectivity index (χ4n) is 2.59. The molecule has 20 heavy (non-hydrogen) atoms. The lowest BCUT2D eigenvalue weighted by Gasteiger charge is -2.12. The average molecular weight is 300 g/mol. The second kappa shape index (κ2) is 6.65. The maximum atomic E-state index is 13.8. The van der Waals surface area contributed by atoms with Gasteiger partial charge in [0.2, 0.25) is 10.0 Å². The number of hydrogen-bond acceptors (Lipinski definition) is 3. The topological polar surface area (TPSA) is 58.2 Å². The molecule has 6 heteroatoms. The van der Waals surface area contributed by atoms with Crippen molar-refractivity contribution in [3.8, 4) is 0 Å². The molecule has 0 amide bonds. The third-order valence-electron chi connectivity index (χ3n) is 3.70. The van der Waals surface area contributed by atoms with E-state index in [9.17, 15) is 12.8 Å². The van der Waals surface area contributed by atoms with Crippen molar-refractivity contribution < 1.29 is 12.8 Å². The molecule has 0 heterocycles. The maximum Gasteiger partial charge on any atom is 0.243 e. The number of halogens is 1. The van der Waals surface area contributed by atoms with Crippen molar-refractivity contribution in [2.75, 3.05) is 13.6 Å². The highest BCUT2D eigenvalue weighted by Crippen LogP contribution is 2.24. The van der Waals surface area contributed by atoms with E-state index < -0.39 is 15.8 Å². The molecule has 2 N–H and O–H groups in total. The van der Waals surface area contributed by atoms with E-state index in [0.29, 0.717) is 19.0 Å². The first-order valence-electron chi connectivity index (χ1n) is 6.95. The number of sulfonamides is 1. The van der Waals surface area contributed by atoms with E-state index in [2.05, 4.69) is 10.0 Å². The summed E-state index contributed by atoms with van der Waals surface area (Å²) in [6, 6.07) is 4.18. The zero-order valence-electron chi connectivity index (χ0n) is 11.7. The van der Waals surface area contributed by atoms with Gasteiger partial charge in [0.05, 0.1) is 0 Å². The highest BCUT2D eigenvalue weighted by Gasteiger charge is 2.22. The van der Waals surface area contributed by atoms with Crippen LogP contribution in [0, 0.1) is 11.7 Å². The van der Waals surface area contributed by atoms with Crippen LogP contribution in [0.25, 0.3) is 0 Å². The Balaban J connectivity index is 2.12. The van der Waals surface area contributed by atoms with Crippen molar-refractivity contribution in [1.29, 1.82) is 0 Å². The van der Waals surface area contributed by atoms with Gasteiger partial charge in [-0.1, -0.05) is 18.9 Å². The molecule has 0 radical (unpaired) electrons. The fraction of sp³-hybridized carbons (Fsp3) is 0.571. The molecule has 1 fully saturated rings. The summed E-state index contributed by atoms with van der Waals surface area (Å²) in [5.74, 6) is -0.322. The SMILES string of the molecule is CNCc1ccc(F)c(S(=O)(=O)NCC2CCCC2)c1. The van der Waals surface area contributed by atoms with Gasteiger partial charge in [0.25, 0.3) is 0 Å². The van der Waals surface area contributed by atoms with Crippen LogP contribution in [0.3, 0.4) is 0 Å². The van der Waals surface area contributed by atoms with E-state index in [0.717, 1.165) is 31.2 Å². The normalized spacial score (nSPS) is 16.7. The van der Waals surface area contributed by atoms with Crippen LogP contribution in [0.4, 0.5) is 4.39 Å². The third kappa shape index (κ3) is 3.77. The summed E-state index contributed by atoms with van der Waals surface area (Å²) in [7, 11) is -2.01. The Morgan fingerprint density at radius 2 is 2.00 bits per heavy atom. The predicted molar refractivity (Wildman–Crippen MR) is 76.3 cm³/mol. The largest absolute Gasteiger partial charge is 0.316 e. The zero-order chi connectivity index (χ0) is 14.6. The quantitative estimate of drug-likeness (QED) is 0.845. The Morgan fingerprint density at radius 3 is 2.65 bits per heavy atom. The number of benzene rings is 1. The summed E-state index contributed by atoms with van der Waals surface area (Å²) < 4.78 is 40.7. The van der Waals surface area contributed by atoms with Gasteiger partial charge >= 0.3 is 0 Å². The van der Waals surface area contributed by atoms with Gasteiger partial charge < -0.3 is 5.32 Å². The molecule has 0 spiro atoms. The summed E-state index contributed by atoms with van der Waals surface area (Å²) >= 11 is 0. The Hall–Kier alpha value is -0.980. The molecule has 1 aromatic carbocycles. The first kappa shape index (κ1) is 15.4. The molecule has 1 aromatic rings. The summed E-state index contributed by atoms with van der Waals surface area (Å²) in [6.45, 7) is 0.906. The molecule has 2 rings (SSSR count). The molecule has 0 aliphatic heterocycles. The van der Waals surface area contributed by atoms with Crippen LogP contribution in [0.2, 0.25) is 0 Å². The van der Waals surface area contributed by atoms with Crippen molar-refractivity contribution in [3.63, 3.8) is 0 Å². The molecule has 1 aliphatic carbocycles. The van der Waals surface area contributed by atoms with E-state index in [1.165, 1.54) is 12.1 Å². The second-order valence-corrected chi connectivity index (χ2v) is 7.03. The lowest BCUT2D eigenvalue weighted by molar-refractivity contribution is 0.513. The van der Waals surface area contributed by atoms with Gasteiger partial charge in [-0.3, -0.25) is 0 Å². The summed E-state index contributed by atoms with van der Waals surface area (Å²) in [4.78, 5) is -0.261. The van der Waals surface area contributed by atoms with E-state index in [1.54, 1.807) is 13.1 Å². The van der Waals surface area contributed by atoms with Crippen molar-refractivity contribution in [2.24, 2.45) is 5.92 Å². The van der Waals surface area contributed by atoms with Gasteiger partial charge in [-0.25, -0.2) is 17.5 Å². The van der Waals surface area contributed by atoms with Gasteiger partial charge in [0, 0.05) is 13.1 Å². The van der Waals surface area contributed by atoms with Crippen LogP contribution >= 0.6 is 0 Å². The Labute approximate surface area is 119 Å². The second-order valence-electron chi connectivity index (χ2n) is 5.30. The zero-order valence-corrected chi connectivity index (χ0v) is 12.5. The number of nitrogens with one attached hydrogen (secondary N) is 2. The molecule has 112 valence electrons. The minimum atomic E-state index is -3.77. The van der Waals surface area contributed by atoms with Crippen LogP contribution in [-0.4, -0.2) is 22.0 Å². The lowest BCUT2D eigenvalue weighted by atomic mass is 10.1. The smallest absolute Gasteiger partial charge is 0.243 e. The minimum absolute atomic E-state index is 0.261. The van der Waals surface area contributed by atoms with Crippen LogP contribution in [-0.2, 0) is 16.6 Å². The van der Waals surface area contributed by atoms with Crippen molar-refractivity contribution in [2.45, 2.75) is 37.1 Å². The van der Waals surface area contributed by atoms with Crippen LogP contribution < -0.4 is 10.0 Å². The van der Waals surface area contributed by atoms with Crippen LogP contribution in [0.5, 0.6) is 0 Å². The Kier molecular flexibility index (Phi) is 5.12. The van der Waals surface area contributed by atoms with Crippen LogP contribution in [0.15, 0.2) is 23.1 Å². The summed E-state index contributed by atoms with van der Waals surface area (Å²) in [6.07, 6.45) is 4.40. The molecule has 1 aliphatic rings. The predicted octanol–water partition coefficient (Wildman–Crippen LogP) is 2.01. The van der Waals surface area contributed by atoms with E-state index in [1.807, 2.05) is 0 Å². The van der Waals surface area contributed by atoms with E-state index >= 15 is 0 Å². The summed E-state index contributed by atoms with van der Waals surface area (Å²) in [5.41, 5.74) is 0.746. The molecule has 0 unspecified atom stereocenters. The van der Waals surface area contributed by atoms with Gasteiger partial charge in [-0.2, -0.15) is 0 Å². The molecular weight excluding hydrogens is 279 g/mol. The number of rotatable bonds is 6. The third-order valence-corrected chi connectivity index (χ3v) is 5.14. The number of hydrogen-bond donors (Lipinski definition) is 2. The molecule has 1 saturated carbocycles. The van der Waals surface area contributed by atoms with Crippen molar-refractivity contribution >= 4 is 10.0 Å². The Morgan fingerprint density at radius 1 is 1.30 bits per heavy atom. The standard InChI is InChI=1S/C14H21FN2O2S/c1-16-9-12-6-7-13(15)14(8-12)20(18,19)17-10-11-4-2-3-5-11/h6-8,11,16-17H,2-5,9-10H2,1H3. The first-order chi connectivity index (χ1) is 9.53. The minimum Gasteiger partial charge on any atom is -0.316 e. The average Bonchev–Trinajstić information content (AvgIpc) is 2.92. The molecule has 0 bridgehead atoms. The maximum absolute atomic E-state index is 13.8. The summed E-state index contributed by atoms with van der Waals surface area (Å²) in [5, 5.41) is 2.92. The van der Waals surface area contributed by atoms with Gasteiger partial charge in [0.15, 0.2) is 0 Å².